The Labute approximate surface area is 157 Å². The lowest BCUT2D eigenvalue weighted by molar-refractivity contribution is -0.122. The van der Waals surface area contributed by atoms with E-state index in [4.69, 9.17) is 16.3 Å². The first kappa shape index (κ1) is 18.6. The molecule has 1 aliphatic rings. The van der Waals surface area contributed by atoms with Gasteiger partial charge in [0.2, 0.25) is 5.91 Å². The molecular formula is C20H21ClN2O3. The average molecular weight is 373 g/mol. The molecule has 1 atom stereocenters. The fourth-order valence-corrected chi connectivity index (χ4v) is 3.10. The van der Waals surface area contributed by atoms with E-state index in [2.05, 4.69) is 10.2 Å². The van der Waals surface area contributed by atoms with Crippen molar-refractivity contribution in [2.75, 3.05) is 31.6 Å². The first-order valence-corrected chi connectivity index (χ1v) is 8.96. The van der Waals surface area contributed by atoms with Crippen LogP contribution in [0.2, 0.25) is 5.02 Å². The van der Waals surface area contributed by atoms with Gasteiger partial charge < -0.3 is 10.1 Å². The molecule has 0 aliphatic carbocycles. The van der Waals surface area contributed by atoms with Crippen molar-refractivity contribution < 1.29 is 14.3 Å². The highest BCUT2D eigenvalue weighted by atomic mass is 35.5. The van der Waals surface area contributed by atoms with Crippen LogP contribution < -0.4 is 5.32 Å². The summed E-state index contributed by atoms with van der Waals surface area (Å²) < 4.78 is 5.33. The Morgan fingerprint density at radius 2 is 1.81 bits per heavy atom. The molecule has 3 rings (SSSR count). The Morgan fingerprint density at radius 3 is 2.50 bits per heavy atom. The minimum absolute atomic E-state index is 0.156. The van der Waals surface area contributed by atoms with Crippen LogP contribution in [0.25, 0.3) is 0 Å². The van der Waals surface area contributed by atoms with Crippen molar-refractivity contribution in [3.8, 4) is 0 Å². The van der Waals surface area contributed by atoms with E-state index in [-0.39, 0.29) is 17.7 Å². The fourth-order valence-electron chi connectivity index (χ4n) is 2.93. The second-order valence-corrected chi connectivity index (χ2v) is 6.64. The van der Waals surface area contributed by atoms with Gasteiger partial charge >= 0.3 is 0 Å². The predicted molar refractivity (Wildman–Crippen MR) is 102 cm³/mol. The molecule has 26 heavy (non-hydrogen) atoms. The highest BCUT2D eigenvalue weighted by molar-refractivity contribution is 6.31. The lowest BCUT2D eigenvalue weighted by atomic mass is 10.0. The zero-order valence-corrected chi connectivity index (χ0v) is 15.3. The summed E-state index contributed by atoms with van der Waals surface area (Å²) in [6.45, 7) is 4.53. The minimum atomic E-state index is -0.311. The van der Waals surface area contributed by atoms with E-state index in [1.165, 1.54) is 0 Å². The minimum Gasteiger partial charge on any atom is -0.379 e. The number of amides is 1. The maximum atomic E-state index is 12.8. The second-order valence-electron chi connectivity index (χ2n) is 6.20. The van der Waals surface area contributed by atoms with Gasteiger partial charge in [-0.3, -0.25) is 14.5 Å². The van der Waals surface area contributed by atoms with Gasteiger partial charge in [-0.25, -0.2) is 0 Å². The maximum Gasteiger partial charge on any atom is 0.241 e. The van der Waals surface area contributed by atoms with E-state index >= 15 is 0 Å². The number of nitrogens with one attached hydrogen (secondary N) is 1. The number of anilines is 1. The van der Waals surface area contributed by atoms with Gasteiger partial charge in [-0.15, -0.1) is 0 Å². The monoisotopic (exact) mass is 372 g/mol. The largest absolute Gasteiger partial charge is 0.379 e. The normalized spacial score (nSPS) is 16.1. The molecule has 2 aromatic carbocycles. The van der Waals surface area contributed by atoms with Crippen LogP contribution in [0, 0.1) is 0 Å². The summed E-state index contributed by atoms with van der Waals surface area (Å²) in [7, 11) is 0. The molecule has 0 bridgehead atoms. The van der Waals surface area contributed by atoms with Crippen molar-refractivity contribution in [1.82, 2.24) is 4.90 Å². The first-order valence-electron chi connectivity index (χ1n) is 8.58. The average Bonchev–Trinajstić information content (AvgIpc) is 2.69. The first-order chi connectivity index (χ1) is 12.6. The molecule has 1 amide bonds. The molecule has 1 N–H and O–H groups in total. The summed E-state index contributed by atoms with van der Waals surface area (Å²) in [6, 6.07) is 13.5. The number of benzene rings is 2. The molecule has 0 unspecified atom stereocenters. The third-order valence-corrected chi connectivity index (χ3v) is 4.73. The number of halogens is 1. The number of hydrogen-bond donors (Lipinski definition) is 1. The quantitative estimate of drug-likeness (QED) is 0.819. The summed E-state index contributed by atoms with van der Waals surface area (Å²) >= 11 is 6.08. The maximum absolute atomic E-state index is 12.8. The number of ether oxygens (including phenoxy) is 1. The van der Waals surface area contributed by atoms with Gasteiger partial charge in [-0.05, 0) is 25.1 Å². The molecule has 136 valence electrons. The molecule has 1 saturated heterocycles. The third kappa shape index (κ3) is 4.30. The molecule has 0 saturated carbocycles. The summed E-state index contributed by atoms with van der Waals surface area (Å²) in [4.78, 5) is 27.6. The van der Waals surface area contributed by atoms with Crippen molar-refractivity contribution in [2.45, 2.75) is 13.0 Å². The second kappa shape index (κ2) is 8.45. The van der Waals surface area contributed by atoms with Crippen molar-refractivity contribution in [1.29, 1.82) is 0 Å². The molecule has 0 radical (unpaired) electrons. The van der Waals surface area contributed by atoms with Crippen LogP contribution in [0.15, 0.2) is 48.5 Å². The summed E-state index contributed by atoms with van der Waals surface area (Å²) in [5.41, 5.74) is 1.39. The SMILES string of the molecule is C[C@@H](C(=O)Nc1ccc(Cl)cc1C(=O)c1ccccc1)N1CCOCC1. The molecule has 5 nitrogen and oxygen atoms in total. The van der Waals surface area contributed by atoms with E-state index < -0.39 is 0 Å². The number of nitrogens with zero attached hydrogens (tertiary/aromatic N) is 1. The van der Waals surface area contributed by atoms with E-state index in [9.17, 15) is 9.59 Å². The summed E-state index contributed by atoms with van der Waals surface area (Å²) in [6.07, 6.45) is 0. The van der Waals surface area contributed by atoms with Gasteiger partial charge in [0.05, 0.1) is 24.9 Å². The van der Waals surface area contributed by atoms with E-state index in [0.29, 0.717) is 48.1 Å². The lowest BCUT2D eigenvalue weighted by Crippen LogP contribution is -2.47. The van der Waals surface area contributed by atoms with Gasteiger partial charge in [-0.1, -0.05) is 41.9 Å². The Bertz CT molecular complexity index is 789. The Hall–Kier alpha value is -2.21. The molecule has 6 heteroatoms. The zero-order chi connectivity index (χ0) is 18.5. The highest BCUT2D eigenvalue weighted by Crippen LogP contribution is 2.24. The Morgan fingerprint density at radius 1 is 1.12 bits per heavy atom. The predicted octanol–water partition coefficient (Wildman–Crippen LogP) is 3.23. The van der Waals surface area contributed by atoms with Crippen LogP contribution in [0.3, 0.4) is 0 Å². The molecule has 2 aromatic rings. The number of rotatable bonds is 5. The van der Waals surface area contributed by atoms with Crippen LogP contribution in [-0.2, 0) is 9.53 Å². The van der Waals surface area contributed by atoms with E-state index in [1.54, 1.807) is 42.5 Å². The molecule has 0 spiro atoms. The number of carbonyl (C=O) groups excluding carboxylic acids is 2. The molecule has 1 heterocycles. The smallest absolute Gasteiger partial charge is 0.241 e. The van der Waals surface area contributed by atoms with E-state index in [0.717, 1.165) is 0 Å². The number of hydrogen-bond acceptors (Lipinski definition) is 4. The summed E-state index contributed by atoms with van der Waals surface area (Å²) in [5.74, 6) is -0.334. The highest BCUT2D eigenvalue weighted by Gasteiger charge is 2.24. The van der Waals surface area contributed by atoms with Crippen LogP contribution >= 0.6 is 11.6 Å². The van der Waals surface area contributed by atoms with Crippen LogP contribution in [0.5, 0.6) is 0 Å². The Balaban J connectivity index is 1.81. The fraction of sp³-hybridized carbons (Fsp3) is 0.300. The third-order valence-electron chi connectivity index (χ3n) is 4.49. The zero-order valence-electron chi connectivity index (χ0n) is 14.6. The number of morpholine rings is 1. The van der Waals surface area contributed by atoms with Crippen LogP contribution in [0.4, 0.5) is 5.69 Å². The van der Waals surface area contributed by atoms with Gasteiger partial charge in [0.15, 0.2) is 5.78 Å². The van der Waals surface area contributed by atoms with Crippen molar-refractivity contribution in [3.05, 3.63) is 64.7 Å². The van der Waals surface area contributed by atoms with Gasteiger partial charge in [0, 0.05) is 29.2 Å². The van der Waals surface area contributed by atoms with Gasteiger partial charge in [0.25, 0.3) is 0 Å². The standard InChI is InChI=1S/C20H21ClN2O3/c1-14(23-9-11-26-12-10-23)20(25)22-18-8-7-16(21)13-17(18)19(24)15-5-3-2-4-6-15/h2-8,13-14H,9-12H2,1H3,(H,22,25)/t14-/m0/s1. The number of carbonyl (C=O) groups is 2. The Kier molecular flexibility index (Phi) is 6.04. The number of ketones is 1. The topological polar surface area (TPSA) is 58.6 Å². The molecule has 1 fully saturated rings. The summed E-state index contributed by atoms with van der Waals surface area (Å²) in [5, 5.41) is 3.33. The molecule has 0 aromatic heterocycles. The molecule has 1 aliphatic heterocycles. The van der Waals surface area contributed by atoms with E-state index in [1.807, 2.05) is 13.0 Å². The van der Waals surface area contributed by atoms with Gasteiger partial charge in [-0.2, -0.15) is 0 Å². The van der Waals surface area contributed by atoms with Crippen LogP contribution in [0.1, 0.15) is 22.8 Å². The van der Waals surface area contributed by atoms with Crippen molar-refractivity contribution >= 4 is 29.0 Å². The van der Waals surface area contributed by atoms with Gasteiger partial charge in [0.1, 0.15) is 0 Å². The van der Waals surface area contributed by atoms with Crippen LogP contribution in [-0.4, -0.2) is 48.9 Å². The molecular weight excluding hydrogens is 352 g/mol. The van der Waals surface area contributed by atoms with Crippen molar-refractivity contribution in [2.24, 2.45) is 0 Å². The lowest BCUT2D eigenvalue weighted by Gasteiger charge is -2.31. The van der Waals surface area contributed by atoms with Crippen molar-refractivity contribution in [3.63, 3.8) is 0 Å².